The molecule has 220 valence electrons. The molecule has 1 fully saturated rings. The zero-order chi connectivity index (χ0) is 30.2. The van der Waals surface area contributed by atoms with Crippen LogP contribution in [0.5, 0.6) is 0 Å². The summed E-state index contributed by atoms with van der Waals surface area (Å²) in [6.45, 7) is 4.10. The summed E-state index contributed by atoms with van der Waals surface area (Å²) < 4.78 is 73.9. The molecule has 1 aliphatic heterocycles. The van der Waals surface area contributed by atoms with E-state index >= 15 is 0 Å². The van der Waals surface area contributed by atoms with Gasteiger partial charge in [-0.25, -0.2) is 12.4 Å². The standard InChI is InChI=1S/C30H26F3N7O2S/c1-34-18-25(30(31,32)33)28(36-21-15-20(16-35-17-21)29-38-37-27-13-7-8-14-39(27)29)24-19-40(26-12-6-5-11-23(24)26)43(41,42)22-9-3-2-4-10-22/h2-14,18-21,35H,1,15-17H2/b25-18+,36-28-. The summed E-state index contributed by atoms with van der Waals surface area (Å²) in [5.74, 6) is 0.492. The normalized spacial score (nSPS) is 18.8. The van der Waals surface area contributed by atoms with Crippen molar-refractivity contribution in [2.75, 3.05) is 13.1 Å². The average molecular weight is 606 g/mol. The second kappa shape index (κ2) is 11.2. The molecule has 1 saturated heterocycles. The summed E-state index contributed by atoms with van der Waals surface area (Å²) in [4.78, 5) is 8.10. The van der Waals surface area contributed by atoms with E-state index in [1.54, 1.807) is 42.5 Å². The zero-order valence-corrected chi connectivity index (χ0v) is 23.5. The van der Waals surface area contributed by atoms with Crippen LogP contribution in [0, 0.1) is 0 Å². The molecular formula is C30H26F3N7O2S. The van der Waals surface area contributed by atoms with E-state index in [-0.39, 0.29) is 21.9 Å². The number of fused-ring (bicyclic) bond motifs is 2. The van der Waals surface area contributed by atoms with Gasteiger partial charge in [-0.05, 0) is 43.5 Å². The van der Waals surface area contributed by atoms with Gasteiger partial charge in [0, 0.05) is 48.6 Å². The van der Waals surface area contributed by atoms with Crippen LogP contribution in [0.2, 0.25) is 0 Å². The predicted molar refractivity (Wildman–Crippen MR) is 158 cm³/mol. The first kappa shape index (κ1) is 28.5. The second-order valence-corrected chi connectivity index (χ2v) is 11.9. The lowest BCUT2D eigenvalue weighted by Gasteiger charge is -2.28. The summed E-state index contributed by atoms with van der Waals surface area (Å²) in [6.07, 6.45) is -0.804. The maximum Gasteiger partial charge on any atom is 0.419 e. The third kappa shape index (κ3) is 5.37. The molecule has 4 heterocycles. The van der Waals surface area contributed by atoms with E-state index in [1.807, 2.05) is 28.8 Å². The Hall–Kier alpha value is -4.62. The van der Waals surface area contributed by atoms with Crippen LogP contribution in [0.4, 0.5) is 13.2 Å². The third-order valence-electron chi connectivity index (χ3n) is 7.36. The smallest absolute Gasteiger partial charge is 0.314 e. The van der Waals surface area contributed by atoms with Crippen molar-refractivity contribution < 1.29 is 21.6 Å². The van der Waals surface area contributed by atoms with Crippen molar-refractivity contribution in [3.05, 3.63) is 108 Å². The molecule has 1 N–H and O–H groups in total. The molecule has 6 rings (SSSR count). The van der Waals surface area contributed by atoms with E-state index in [1.165, 1.54) is 18.3 Å². The fraction of sp³-hybridized carbons (Fsp3) is 0.200. The molecule has 1 aliphatic rings. The average Bonchev–Trinajstić information content (AvgIpc) is 3.62. The molecule has 9 nitrogen and oxygen atoms in total. The number of para-hydroxylation sites is 1. The molecule has 13 heteroatoms. The highest BCUT2D eigenvalue weighted by molar-refractivity contribution is 7.90. The summed E-state index contributed by atoms with van der Waals surface area (Å²) in [7, 11) is -4.15. The molecular weight excluding hydrogens is 579 g/mol. The highest BCUT2D eigenvalue weighted by Crippen LogP contribution is 2.35. The van der Waals surface area contributed by atoms with Gasteiger partial charge < -0.3 is 5.32 Å². The first-order valence-electron chi connectivity index (χ1n) is 13.4. The van der Waals surface area contributed by atoms with Gasteiger partial charge in [0.05, 0.1) is 27.7 Å². The monoisotopic (exact) mass is 605 g/mol. The first-order valence-corrected chi connectivity index (χ1v) is 14.9. The van der Waals surface area contributed by atoms with Gasteiger partial charge in [-0.15, -0.1) is 10.2 Å². The Kier molecular flexibility index (Phi) is 7.44. The number of halogens is 3. The number of hydrogen-bond acceptors (Lipinski definition) is 7. The first-order chi connectivity index (χ1) is 20.7. The molecule has 2 aromatic carbocycles. The van der Waals surface area contributed by atoms with Gasteiger partial charge in [0.2, 0.25) is 0 Å². The van der Waals surface area contributed by atoms with Gasteiger partial charge in [-0.3, -0.25) is 14.4 Å². The summed E-state index contributed by atoms with van der Waals surface area (Å²) in [6, 6.07) is 19.0. The molecule has 2 atom stereocenters. The number of rotatable bonds is 7. The number of nitrogens with zero attached hydrogens (tertiary/aromatic N) is 6. The van der Waals surface area contributed by atoms with Gasteiger partial charge in [-0.1, -0.05) is 42.5 Å². The van der Waals surface area contributed by atoms with Crippen molar-refractivity contribution in [2.45, 2.75) is 29.5 Å². The maximum absolute atomic E-state index is 14.6. The topological polar surface area (TPSA) is 106 Å². The van der Waals surface area contributed by atoms with Crippen molar-refractivity contribution in [1.82, 2.24) is 23.9 Å². The minimum absolute atomic E-state index is 0.00000636. The molecule has 5 aromatic rings. The number of benzene rings is 2. The van der Waals surface area contributed by atoms with E-state index in [0.717, 1.165) is 3.97 Å². The lowest BCUT2D eigenvalue weighted by Crippen LogP contribution is -2.39. The largest absolute Gasteiger partial charge is 0.419 e. The molecule has 0 spiro atoms. The minimum Gasteiger partial charge on any atom is -0.314 e. The Labute approximate surface area is 245 Å². The zero-order valence-electron chi connectivity index (χ0n) is 22.7. The summed E-state index contributed by atoms with van der Waals surface area (Å²) in [5.41, 5.74) is -0.654. The highest BCUT2D eigenvalue weighted by atomic mass is 32.2. The SMILES string of the molecule is C=N/C=C(\C(=N/C1CNCC(c2nnc3ccccn23)C1)c1cn(S(=O)(=O)c2ccccc2)c2ccccc12)C(F)(F)F. The molecule has 0 saturated carbocycles. The van der Waals surface area contributed by atoms with Crippen molar-refractivity contribution >= 4 is 39.0 Å². The lowest BCUT2D eigenvalue weighted by molar-refractivity contribution is -0.0861. The molecule has 0 aliphatic carbocycles. The molecule has 0 amide bonds. The number of aromatic nitrogens is 4. The third-order valence-corrected chi connectivity index (χ3v) is 9.05. The molecule has 2 unspecified atom stereocenters. The Morgan fingerprint density at radius 3 is 2.51 bits per heavy atom. The molecule has 43 heavy (non-hydrogen) atoms. The number of hydrogen-bond donors (Lipinski definition) is 1. The number of nitrogens with one attached hydrogen (secondary N) is 1. The Morgan fingerprint density at radius 1 is 1.00 bits per heavy atom. The summed E-state index contributed by atoms with van der Waals surface area (Å²) >= 11 is 0. The van der Waals surface area contributed by atoms with Crippen LogP contribution in [-0.2, 0) is 10.0 Å². The number of pyridine rings is 1. The second-order valence-electron chi connectivity index (χ2n) is 10.1. The van der Waals surface area contributed by atoms with E-state index < -0.39 is 33.5 Å². The minimum atomic E-state index is -4.85. The van der Waals surface area contributed by atoms with Crippen molar-refractivity contribution in [1.29, 1.82) is 0 Å². The van der Waals surface area contributed by atoms with Crippen LogP contribution in [0.1, 0.15) is 23.7 Å². The number of piperidine rings is 1. The molecule has 0 radical (unpaired) electrons. The van der Waals surface area contributed by atoms with Gasteiger partial charge in [0.1, 0.15) is 5.82 Å². The summed E-state index contributed by atoms with van der Waals surface area (Å²) in [5, 5.41) is 12.1. The fourth-order valence-corrected chi connectivity index (χ4v) is 6.81. The van der Waals surface area contributed by atoms with Crippen LogP contribution < -0.4 is 5.32 Å². The van der Waals surface area contributed by atoms with Gasteiger partial charge in [-0.2, -0.15) is 13.2 Å². The Morgan fingerprint density at radius 2 is 1.74 bits per heavy atom. The predicted octanol–water partition coefficient (Wildman–Crippen LogP) is 5.00. The fourth-order valence-electron chi connectivity index (χ4n) is 5.42. The van der Waals surface area contributed by atoms with Gasteiger partial charge in [0.15, 0.2) is 5.65 Å². The van der Waals surface area contributed by atoms with Gasteiger partial charge >= 0.3 is 6.18 Å². The van der Waals surface area contributed by atoms with E-state index in [9.17, 15) is 21.6 Å². The van der Waals surface area contributed by atoms with Crippen LogP contribution >= 0.6 is 0 Å². The van der Waals surface area contributed by atoms with Crippen molar-refractivity contribution in [3.8, 4) is 0 Å². The van der Waals surface area contributed by atoms with Crippen molar-refractivity contribution in [3.63, 3.8) is 0 Å². The number of allylic oxidation sites excluding steroid dienone is 1. The molecule has 3 aromatic heterocycles. The number of aliphatic imine (C=N–C) groups is 2. The molecule has 0 bridgehead atoms. The van der Waals surface area contributed by atoms with E-state index in [2.05, 4.69) is 32.2 Å². The van der Waals surface area contributed by atoms with Crippen molar-refractivity contribution in [2.24, 2.45) is 9.98 Å². The van der Waals surface area contributed by atoms with Crippen LogP contribution in [0.15, 0.2) is 112 Å². The Balaban J connectivity index is 1.50. The van der Waals surface area contributed by atoms with Gasteiger partial charge in [0.25, 0.3) is 10.0 Å². The highest BCUT2D eigenvalue weighted by Gasteiger charge is 2.40. The Bertz CT molecular complexity index is 1980. The van der Waals surface area contributed by atoms with Crippen LogP contribution in [0.3, 0.4) is 0 Å². The quantitative estimate of drug-likeness (QED) is 0.263. The van der Waals surface area contributed by atoms with Crippen LogP contribution in [-0.4, -0.2) is 64.7 Å². The maximum atomic E-state index is 14.6. The lowest BCUT2D eigenvalue weighted by atomic mass is 9.94. The van der Waals surface area contributed by atoms with Crippen LogP contribution in [0.25, 0.3) is 16.6 Å². The van der Waals surface area contributed by atoms with E-state index in [0.29, 0.717) is 42.6 Å². The van der Waals surface area contributed by atoms with E-state index in [4.69, 9.17) is 0 Å². The number of alkyl halides is 3.